The molecule has 1 heterocycles. The summed E-state index contributed by atoms with van der Waals surface area (Å²) in [6.45, 7) is 2.16. The molecule has 1 unspecified atom stereocenters. The summed E-state index contributed by atoms with van der Waals surface area (Å²) in [7, 11) is 0. The number of carbonyl (C=O) groups excluding carboxylic acids is 1. The Morgan fingerprint density at radius 3 is 2.80 bits per heavy atom. The van der Waals surface area contributed by atoms with Gasteiger partial charge in [-0.3, -0.25) is 4.79 Å². The minimum atomic E-state index is -0.308. The van der Waals surface area contributed by atoms with Crippen molar-refractivity contribution in [3.63, 3.8) is 0 Å². The third-order valence-electron chi connectivity index (χ3n) is 4.21. The lowest BCUT2D eigenvalue weighted by molar-refractivity contribution is -0.116. The number of aromatic nitrogens is 2. The second-order valence-electron chi connectivity index (χ2n) is 6.29. The third kappa shape index (κ3) is 4.45. The zero-order valence-electron chi connectivity index (χ0n) is 14.5. The first-order chi connectivity index (χ1) is 12.2. The lowest BCUT2D eigenvalue weighted by Crippen LogP contribution is -2.20. The highest BCUT2D eigenvalue weighted by atomic mass is 16.1. The van der Waals surface area contributed by atoms with Crippen LogP contribution in [0.1, 0.15) is 43.6 Å². The zero-order chi connectivity index (χ0) is 17.6. The number of H-pyrrole nitrogens is 1. The van der Waals surface area contributed by atoms with Crippen LogP contribution in [0.25, 0.3) is 11.0 Å². The van der Waals surface area contributed by atoms with Gasteiger partial charge in [-0.2, -0.15) is 0 Å². The molecule has 0 fully saturated rings. The minimum absolute atomic E-state index is 0.0959. The quantitative estimate of drug-likeness (QED) is 0.611. The highest BCUT2D eigenvalue weighted by molar-refractivity contribution is 5.93. The Morgan fingerprint density at radius 1 is 1.24 bits per heavy atom. The topological polar surface area (TPSA) is 83.8 Å². The molecule has 0 saturated carbocycles. The Morgan fingerprint density at radius 2 is 2.04 bits per heavy atom. The van der Waals surface area contributed by atoms with Crippen LogP contribution in [0.3, 0.4) is 0 Å². The van der Waals surface area contributed by atoms with Gasteiger partial charge in [-0.1, -0.05) is 43.7 Å². The standard InChI is InChI=1S/C20H24N4O/c1-2-3-9-19-23-17-11-10-15(12-18(17)24-19)22-20(25)13-16(21)14-7-5-4-6-8-14/h4-8,10-12,16H,2-3,9,13,21H2,1H3,(H,22,25)(H,23,24). The molecule has 5 nitrogen and oxygen atoms in total. The van der Waals surface area contributed by atoms with Crippen molar-refractivity contribution in [2.24, 2.45) is 5.73 Å². The van der Waals surface area contributed by atoms with Gasteiger partial charge in [0.25, 0.3) is 0 Å². The van der Waals surface area contributed by atoms with E-state index in [1.165, 1.54) is 0 Å². The van der Waals surface area contributed by atoms with Crippen LogP contribution >= 0.6 is 0 Å². The number of fused-ring (bicyclic) bond motifs is 1. The maximum atomic E-state index is 12.3. The SMILES string of the molecule is CCCCc1nc2ccc(NC(=O)CC(N)c3ccccc3)cc2[nH]1. The summed E-state index contributed by atoms with van der Waals surface area (Å²) < 4.78 is 0. The molecule has 25 heavy (non-hydrogen) atoms. The fraction of sp³-hybridized carbons (Fsp3) is 0.300. The molecule has 130 valence electrons. The molecule has 4 N–H and O–H groups in total. The zero-order valence-corrected chi connectivity index (χ0v) is 14.5. The van der Waals surface area contributed by atoms with E-state index >= 15 is 0 Å². The number of nitrogens with two attached hydrogens (primary N) is 1. The van der Waals surface area contributed by atoms with E-state index in [1.54, 1.807) is 0 Å². The van der Waals surface area contributed by atoms with Crippen LogP contribution in [-0.2, 0) is 11.2 Å². The maximum Gasteiger partial charge on any atom is 0.226 e. The summed E-state index contributed by atoms with van der Waals surface area (Å²) in [6.07, 6.45) is 3.44. The fourth-order valence-corrected chi connectivity index (χ4v) is 2.83. The maximum absolute atomic E-state index is 12.3. The summed E-state index contributed by atoms with van der Waals surface area (Å²) >= 11 is 0. The third-order valence-corrected chi connectivity index (χ3v) is 4.21. The van der Waals surface area contributed by atoms with Gasteiger partial charge in [0.1, 0.15) is 5.82 Å². The number of nitrogens with one attached hydrogen (secondary N) is 2. The van der Waals surface area contributed by atoms with E-state index in [2.05, 4.69) is 22.2 Å². The van der Waals surface area contributed by atoms with E-state index in [0.717, 1.165) is 47.4 Å². The van der Waals surface area contributed by atoms with E-state index in [1.807, 2.05) is 48.5 Å². The van der Waals surface area contributed by atoms with Crippen molar-refractivity contribution in [1.82, 2.24) is 9.97 Å². The van der Waals surface area contributed by atoms with Crippen molar-refractivity contribution >= 4 is 22.6 Å². The molecule has 3 rings (SSSR count). The van der Waals surface area contributed by atoms with Crippen molar-refractivity contribution in [2.45, 2.75) is 38.6 Å². The lowest BCUT2D eigenvalue weighted by Gasteiger charge is -2.12. The van der Waals surface area contributed by atoms with E-state index in [-0.39, 0.29) is 18.4 Å². The number of hydrogen-bond acceptors (Lipinski definition) is 3. The largest absolute Gasteiger partial charge is 0.342 e. The smallest absolute Gasteiger partial charge is 0.226 e. The molecular weight excluding hydrogens is 312 g/mol. The van der Waals surface area contributed by atoms with Crippen molar-refractivity contribution in [2.75, 3.05) is 5.32 Å². The molecule has 1 atom stereocenters. The Balaban J connectivity index is 1.64. The van der Waals surface area contributed by atoms with E-state index in [9.17, 15) is 4.79 Å². The van der Waals surface area contributed by atoms with Crippen LogP contribution in [0, 0.1) is 0 Å². The highest BCUT2D eigenvalue weighted by Gasteiger charge is 2.12. The van der Waals surface area contributed by atoms with Crippen molar-refractivity contribution in [1.29, 1.82) is 0 Å². The van der Waals surface area contributed by atoms with Crippen LogP contribution in [0.4, 0.5) is 5.69 Å². The molecule has 1 aromatic heterocycles. The van der Waals surface area contributed by atoms with Gasteiger partial charge in [0.05, 0.1) is 11.0 Å². The average molecular weight is 336 g/mol. The number of aryl methyl sites for hydroxylation is 1. The molecule has 5 heteroatoms. The molecule has 0 spiro atoms. The first-order valence-electron chi connectivity index (χ1n) is 8.74. The summed E-state index contributed by atoms with van der Waals surface area (Å²) in [5, 5.41) is 2.92. The van der Waals surface area contributed by atoms with Crippen molar-refractivity contribution in [3.8, 4) is 0 Å². The Hall–Kier alpha value is -2.66. The highest BCUT2D eigenvalue weighted by Crippen LogP contribution is 2.19. The molecule has 0 aliphatic carbocycles. The van der Waals surface area contributed by atoms with Gasteiger partial charge in [0.15, 0.2) is 0 Å². The number of unbranched alkanes of at least 4 members (excludes halogenated alkanes) is 1. The van der Waals surface area contributed by atoms with Crippen LogP contribution in [0.5, 0.6) is 0 Å². The average Bonchev–Trinajstić information content (AvgIpc) is 3.02. The minimum Gasteiger partial charge on any atom is -0.342 e. The second-order valence-corrected chi connectivity index (χ2v) is 6.29. The van der Waals surface area contributed by atoms with Crippen molar-refractivity contribution in [3.05, 3.63) is 59.9 Å². The van der Waals surface area contributed by atoms with Crippen LogP contribution in [-0.4, -0.2) is 15.9 Å². The molecule has 0 saturated heterocycles. The summed E-state index contributed by atoms with van der Waals surface area (Å²) in [4.78, 5) is 20.2. The lowest BCUT2D eigenvalue weighted by atomic mass is 10.0. The number of hydrogen-bond donors (Lipinski definition) is 3. The summed E-state index contributed by atoms with van der Waals surface area (Å²) in [5.74, 6) is 0.896. The van der Waals surface area contributed by atoms with E-state index < -0.39 is 0 Å². The Bertz CT molecular complexity index is 841. The predicted octanol–water partition coefficient (Wildman–Crippen LogP) is 3.93. The van der Waals surface area contributed by atoms with Gasteiger partial charge in [0, 0.05) is 24.6 Å². The monoisotopic (exact) mass is 336 g/mol. The van der Waals surface area contributed by atoms with Gasteiger partial charge < -0.3 is 16.0 Å². The van der Waals surface area contributed by atoms with E-state index in [4.69, 9.17) is 5.73 Å². The van der Waals surface area contributed by atoms with Gasteiger partial charge in [-0.25, -0.2) is 4.98 Å². The number of amides is 1. The normalized spacial score (nSPS) is 12.2. The summed E-state index contributed by atoms with van der Waals surface area (Å²) in [6, 6.07) is 15.1. The fourth-order valence-electron chi connectivity index (χ4n) is 2.83. The Kier molecular flexibility index (Phi) is 5.46. The van der Waals surface area contributed by atoms with Gasteiger partial charge in [0.2, 0.25) is 5.91 Å². The van der Waals surface area contributed by atoms with Crippen LogP contribution < -0.4 is 11.1 Å². The number of benzene rings is 2. The van der Waals surface area contributed by atoms with Crippen LogP contribution in [0.15, 0.2) is 48.5 Å². The molecule has 0 bridgehead atoms. The molecule has 0 aliphatic rings. The van der Waals surface area contributed by atoms with Crippen LogP contribution in [0.2, 0.25) is 0 Å². The molecule has 3 aromatic rings. The van der Waals surface area contributed by atoms with E-state index in [0.29, 0.717) is 0 Å². The molecule has 0 radical (unpaired) electrons. The first-order valence-corrected chi connectivity index (χ1v) is 8.74. The number of carbonyl (C=O) groups is 1. The number of rotatable bonds is 7. The van der Waals surface area contributed by atoms with Gasteiger partial charge in [-0.15, -0.1) is 0 Å². The second kappa shape index (κ2) is 7.94. The molecular formula is C20H24N4O. The molecule has 1 amide bonds. The summed E-state index contributed by atoms with van der Waals surface area (Å²) in [5.41, 5.74) is 9.69. The molecule has 0 aliphatic heterocycles. The molecule has 2 aromatic carbocycles. The number of nitrogens with zero attached hydrogens (tertiary/aromatic N) is 1. The van der Waals surface area contributed by atoms with Gasteiger partial charge >= 0.3 is 0 Å². The predicted molar refractivity (Wildman–Crippen MR) is 101 cm³/mol. The first kappa shape index (κ1) is 17.2. The number of imidazole rings is 1. The van der Waals surface area contributed by atoms with Crippen molar-refractivity contribution < 1.29 is 4.79 Å². The van der Waals surface area contributed by atoms with Gasteiger partial charge in [-0.05, 0) is 30.2 Å². The Labute approximate surface area is 147 Å². The number of aromatic amines is 1. The number of anilines is 1.